The molecular formula is C23H27FIN3O2. The third-order valence-corrected chi connectivity index (χ3v) is 4.44. The average Bonchev–Trinajstić information content (AvgIpc) is 3.27. The number of ether oxygens (including phenoxy) is 1. The molecule has 3 rings (SSSR count). The van der Waals surface area contributed by atoms with Gasteiger partial charge in [0, 0.05) is 19.5 Å². The van der Waals surface area contributed by atoms with Crippen LogP contribution < -0.4 is 15.4 Å². The summed E-state index contributed by atoms with van der Waals surface area (Å²) in [5.74, 6) is 2.27. The SMILES string of the molecule is COc1ccc(CN=C(NCCc2ccc(F)cc2)NCCc2ccco2)cc1.I. The first-order valence-electron chi connectivity index (χ1n) is 9.65. The molecule has 160 valence electrons. The summed E-state index contributed by atoms with van der Waals surface area (Å²) in [6.45, 7) is 1.95. The minimum absolute atomic E-state index is 0. The minimum Gasteiger partial charge on any atom is -0.497 e. The molecular weight excluding hydrogens is 496 g/mol. The van der Waals surface area contributed by atoms with E-state index < -0.39 is 0 Å². The van der Waals surface area contributed by atoms with Crippen molar-refractivity contribution in [2.45, 2.75) is 19.4 Å². The lowest BCUT2D eigenvalue weighted by Crippen LogP contribution is -2.39. The molecule has 2 N–H and O–H groups in total. The molecule has 1 aromatic heterocycles. The van der Waals surface area contributed by atoms with Gasteiger partial charge in [-0.1, -0.05) is 24.3 Å². The van der Waals surface area contributed by atoms with Gasteiger partial charge < -0.3 is 19.8 Å². The lowest BCUT2D eigenvalue weighted by Gasteiger charge is -2.12. The number of furan rings is 1. The first-order valence-corrected chi connectivity index (χ1v) is 9.65. The number of benzene rings is 2. The highest BCUT2D eigenvalue weighted by atomic mass is 127. The Morgan fingerprint density at radius 2 is 1.60 bits per heavy atom. The number of hydrogen-bond donors (Lipinski definition) is 2. The van der Waals surface area contributed by atoms with E-state index in [0.717, 1.165) is 41.4 Å². The van der Waals surface area contributed by atoms with Gasteiger partial charge in [0.05, 0.1) is 19.9 Å². The maximum absolute atomic E-state index is 13.0. The van der Waals surface area contributed by atoms with Crippen LogP contribution in [0.15, 0.2) is 76.3 Å². The molecule has 5 nitrogen and oxygen atoms in total. The number of halogens is 2. The summed E-state index contributed by atoms with van der Waals surface area (Å²) in [6, 6.07) is 18.3. The van der Waals surface area contributed by atoms with Crippen molar-refractivity contribution in [3.05, 3.63) is 89.6 Å². The van der Waals surface area contributed by atoms with E-state index in [1.54, 1.807) is 25.5 Å². The van der Waals surface area contributed by atoms with Crippen molar-refractivity contribution in [2.75, 3.05) is 20.2 Å². The Hall–Kier alpha value is -2.55. The Labute approximate surface area is 193 Å². The van der Waals surface area contributed by atoms with Gasteiger partial charge in [0.25, 0.3) is 0 Å². The summed E-state index contributed by atoms with van der Waals surface area (Å²) < 4.78 is 23.6. The third kappa shape index (κ3) is 8.06. The van der Waals surface area contributed by atoms with Crippen LogP contribution in [0.5, 0.6) is 5.75 Å². The molecule has 0 amide bonds. The lowest BCUT2D eigenvalue weighted by atomic mass is 10.1. The van der Waals surface area contributed by atoms with Crippen LogP contribution in [0.1, 0.15) is 16.9 Å². The van der Waals surface area contributed by atoms with Crippen molar-refractivity contribution in [2.24, 2.45) is 4.99 Å². The van der Waals surface area contributed by atoms with Crippen LogP contribution in [0.25, 0.3) is 0 Å². The normalized spacial score (nSPS) is 10.9. The van der Waals surface area contributed by atoms with E-state index in [-0.39, 0.29) is 29.8 Å². The fourth-order valence-corrected chi connectivity index (χ4v) is 2.81. The van der Waals surface area contributed by atoms with E-state index in [1.165, 1.54) is 12.1 Å². The van der Waals surface area contributed by atoms with Crippen LogP contribution in [-0.2, 0) is 19.4 Å². The van der Waals surface area contributed by atoms with E-state index >= 15 is 0 Å². The van der Waals surface area contributed by atoms with E-state index in [0.29, 0.717) is 19.6 Å². The predicted molar refractivity (Wildman–Crippen MR) is 128 cm³/mol. The fraction of sp³-hybridized carbons (Fsp3) is 0.261. The number of methoxy groups -OCH3 is 1. The van der Waals surface area contributed by atoms with Gasteiger partial charge in [-0.3, -0.25) is 0 Å². The number of rotatable bonds is 9. The van der Waals surface area contributed by atoms with Crippen molar-refractivity contribution < 1.29 is 13.5 Å². The van der Waals surface area contributed by atoms with Crippen LogP contribution >= 0.6 is 24.0 Å². The molecule has 3 aromatic rings. The zero-order chi connectivity index (χ0) is 20.3. The first kappa shape index (κ1) is 23.7. The van der Waals surface area contributed by atoms with Gasteiger partial charge in [0.1, 0.15) is 17.3 Å². The maximum Gasteiger partial charge on any atom is 0.191 e. The second-order valence-corrected chi connectivity index (χ2v) is 6.57. The molecule has 2 aromatic carbocycles. The quantitative estimate of drug-likeness (QED) is 0.245. The van der Waals surface area contributed by atoms with E-state index in [4.69, 9.17) is 9.15 Å². The molecule has 7 heteroatoms. The summed E-state index contributed by atoms with van der Waals surface area (Å²) in [4.78, 5) is 4.68. The molecule has 0 aliphatic carbocycles. The summed E-state index contributed by atoms with van der Waals surface area (Å²) in [5, 5.41) is 6.69. The summed E-state index contributed by atoms with van der Waals surface area (Å²) in [5.41, 5.74) is 2.17. The lowest BCUT2D eigenvalue weighted by molar-refractivity contribution is 0.414. The summed E-state index contributed by atoms with van der Waals surface area (Å²) in [7, 11) is 1.65. The van der Waals surface area contributed by atoms with E-state index in [9.17, 15) is 4.39 Å². The van der Waals surface area contributed by atoms with Crippen LogP contribution in [0.3, 0.4) is 0 Å². The van der Waals surface area contributed by atoms with Crippen molar-refractivity contribution in [1.29, 1.82) is 0 Å². The fourth-order valence-electron chi connectivity index (χ4n) is 2.81. The maximum atomic E-state index is 13.0. The molecule has 0 saturated carbocycles. The Morgan fingerprint density at radius 1 is 0.933 bits per heavy atom. The Bertz CT molecular complexity index is 882. The van der Waals surface area contributed by atoms with Crippen molar-refractivity contribution >= 4 is 29.9 Å². The van der Waals surface area contributed by atoms with Gasteiger partial charge in [-0.2, -0.15) is 0 Å². The molecule has 0 atom stereocenters. The average molecular weight is 523 g/mol. The third-order valence-electron chi connectivity index (χ3n) is 4.44. The van der Waals surface area contributed by atoms with E-state index in [1.807, 2.05) is 36.4 Å². The predicted octanol–water partition coefficient (Wildman–Crippen LogP) is 4.57. The Morgan fingerprint density at radius 3 is 2.23 bits per heavy atom. The number of guanidine groups is 1. The number of nitrogens with zero attached hydrogens (tertiary/aromatic N) is 1. The molecule has 0 aliphatic rings. The number of nitrogens with one attached hydrogen (secondary N) is 2. The second kappa shape index (κ2) is 12.9. The van der Waals surface area contributed by atoms with Gasteiger partial charge in [-0.25, -0.2) is 9.38 Å². The van der Waals surface area contributed by atoms with Crippen molar-refractivity contribution in [3.8, 4) is 5.75 Å². The zero-order valence-electron chi connectivity index (χ0n) is 16.9. The molecule has 0 fully saturated rings. The van der Waals surface area contributed by atoms with E-state index in [2.05, 4.69) is 15.6 Å². The highest BCUT2D eigenvalue weighted by molar-refractivity contribution is 14.0. The van der Waals surface area contributed by atoms with Gasteiger partial charge in [0.15, 0.2) is 5.96 Å². The topological polar surface area (TPSA) is 58.8 Å². The minimum atomic E-state index is -0.219. The van der Waals surface area contributed by atoms with Crippen LogP contribution in [-0.4, -0.2) is 26.2 Å². The Kier molecular flexibility index (Phi) is 10.2. The first-order chi connectivity index (χ1) is 14.2. The van der Waals surface area contributed by atoms with Gasteiger partial charge >= 0.3 is 0 Å². The zero-order valence-corrected chi connectivity index (χ0v) is 19.3. The molecule has 30 heavy (non-hydrogen) atoms. The Balaban J connectivity index is 0.00000320. The van der Waals surface area contributed by atoms with Crippen LogP contribution in [0, 0.1) is 5.82 Å². The molecule has 1 heterocycles. The van der Waals surface area contributed by atoms with Gasteiger partial charge in [-0.05, 0) is 53.9 Å². The molecule has 0 saturated heterocycles. The molecule has 0 bridgehead atoms. The van der Waals surface area contributed by atoms with Crippen LogP contribution in [0.2, 0.25) is 0 Å². The second-order valence-electron chi connectivity index (χ2n) is 6.57. The number of aliphatic imine (C=N–C) groups is 1. The number of hydrogen-bond acceptors (Lipinski definition) is 3. The highest BCUT2D eigenvalue weighted by Gasteiger charge is 2.02. The van der Waals surface area contributed by atoms with Crippen molar-refractivity contribution in [3.63, 3.8) is 0 Å². The molecule has 0 unspecified atom stereocenters. The summed E-state index contributed by atoms with van der Waals surface area (Å²) >= 11 is 0. The van der Waals surface area contributed by atoms with Gasteiger partial charge in [0.2, 0.25) is 0 Å². The largest absolute Gasteiger partial charge is 0.497 e. The standard InChI is InChI=1S/C23H26FN3O2.HI/c1-28-21-10-6-19(7-11-21)17-27-23(26-15-13-22-3-2-16-29-22)25-14-12-18-4-8-20(24)9-5-18;/h2-11,16H,12-15,17H2,1H3,(H2,25,26,27);1H. The molecule has 0 aliphatic heterocycles. The molecule has 0 radical (unpaired) electrons. The van der Waals surface area contributed by atoms with Crippen molar-refractivity contribution in [1.82, 2.24) is 10.6 Å². The monoisotopic (exact) mass is 523 g/mol. The molecule has 0 spiro atoms. The summed E-state index contributed by atoms with van der Waals surface area (Å²) in [6.07, 6.45) is 3.23. The smallest absolute Gasteiger partial charge is 0.191 e. The van der Waals surface area contributed by atoms with Gasteiger partial charge in [-0.15, -0.1) is 24.0 Å². The van der Waals surface area contributed by atoms with Crippen LogP contribution in [0.4, 0.5) is 4.39 Å². The highest BCUT2D eigenvalue weighted by Crippen LogP contribution is 2.12.